The number of carbonyl (C=O) groups is 1. The number of rotatable bonds is 2. The first-order chi connectivity index (χ1) is 10.2. The number of benzene rings is 1. The maximum absolute atomic E-state index is 12.5. The van der Waals surface area contributed by atoms with Crippen LogP contribution >= 0.6 is 11.8 Å². The average molecular weight is 303 g/mol. The van der Waals surface area contributed by atoms with E-state index in [1.807, 2.05) is 12.1 Å². The standard InChI is InChI=1S/C17H21NO2S/c1-18-11-6-7-12(18)9-13(8-11)20-17(19)15-10-21-16-5-3-2-4-14(15)16/h2-5,11-13,15H,6-10H2,1H3. The Hall–Kier alpha value is -1.00. The summed E-state index contributed by atoms with van der Waals surface area (Å²) in [5.41, 5.74) is 1.16. The van der Waals surface area contributed by atoms with Crippen molar-refractivity contribution in [2.45, 2.75) is 54.7 Å². The van der Waals surface area contributed by atoms with Crippen molar-refractivity contribution in [1.82, 2.24) is 4.90 Å². The van der Waals surface area contributed by atoms with Crippen LogP contribution in [0.15, 0.2) is 29.2 Å². The quantitative estimate of drug-likeness (QED) is 0.786. The molecule has 112 valence electrons. The van der Waals surface area contributed by atoms with Gasteiger partial charge in [-0.05, 0) is 44.4 Å². The van der Waals surface area contributed by atoms with Crippen molar-refractivity contribution >= 4 is 17.7 Å². The number of esters is 1. The van der Waals surface area contributed by atoms with Crippen molar-refractivity contribution in [3.05, 3.63) is 29.8 Å². The van der Waals surface area contributed by atoms with Gasteiger partial charge < -0.3 is 9.64 Å². The molecule has 0 saturated carbocycles. The van der Waals surface area contributed by atoms with E-state index in [0.717, 1.165) is 24.2 Å². The predicted molar refractivity (Wildman–Crippen MR) is 83.6 cm³/mol. The first kappa shape index (κ1) is 13.6. The minimum absolute atomic E-state index is 0.0126. The van der Waals surface area contributed by atoms with Crippen LogP contribution in [-0.4, -0.2) is 41.9 Å². The van der Waals surface area contributed by atoms with Gasteiger partial charge in [-0.3, -0.25) is 4.79 Å². The van der Waals surface area contributed by atoms with E-state index < -0.39 is 0 Å². The third-order valence-corrected chi connectivity index (χ3v) is 6.51. The number of fused-ring (bicyclic) bond motifs is 3. The summed E-state index contributed by atoms with van der Waals surface area (Å²) in [6.45, 7) is 0. The largest absolute Gasteiger partial charge is 0.462 e. The number of thioether (sulfide) groups is 1. The van der Waals surface area contributed by atoms with Crippen LogP contribution in [0.1, 0.15) is 37.2 Å². The molecule has 0 aromatic heterocycles. The molecular weight excluding hydrogens is 282 g/mol. The van der Waals surface area contributed by atoms with Gasteiger partial charge in [-0.2, -0.15) is 0 Å². The highest BCUT2D eigenvalue weighted by Crippen LogP contribution is 2.41. The highest BCUT2D eigenvalue weighted by Gasteiger charge is 2.41. The van der Waals surface area contributed by atoms with Crippen LogP contribution in [-0.2, 0) is 9.53 Å². The zero-order chi connectivity index (χ0) is 14.4. The molecule has 3 aliphatic rings. The van der Waals surface area contributed by atoms with E-state index in [0.29, 0.717) is 12.1 Å². The van der Waals surface area contributed by atoms with Crippen LogP contribution < -0.4 is 0 Å². The van der Waals surface area contributed by atoms with Crippen molar-refractivity contribution in [3.63, 3.8) is 0 Å². The minimum atomic E-state index is -0.0662. The van der Waals surface area contributed by atoms with Gasteiger partial charge in [0.15, 0.2) is 0 Å². The van der Waals surface area contributed by atoms with Crippen molar-refractivity contribution in [2.24, 2.45) is 0 Å². The molecule has 4 heteroatoms. The third-order valence-electron chi connectivity index (χ3n) is 5.32. The summed E-state index contributed by atoms with van der Waals surface area (Å²) in [6.07, 6.45) is 4.68. The zero-order valence-corrected chi connectivity index (χ0v) is 13.1. The lowest BCUT2D eigenvalue weighted by Gasteiger charge is -2.36. The molecule has 0 N–H and O–H groups in total. The zero-order valence-electron chi connectivity index (χ0n) is 12.3. The molecule has 0 radical (unpaired) electrons. The van der Waals surface area contributed by atoms with Gasteiger partial charge in [0.05, 0.1) is 5.92 Å². The SMILES string of the molecule is CN1C2CCC1CC(OC(=O)C1CSc3ccccc31)C2. The smallest absolute Gasteiger partial charge is 0.314 e. The molecule has 2 bridgehead atoms. The number of carbonyl (C=O) groups excluding carboxylic acids is 1. The van der Waals surface area contributed by atoms with Crippen molar-refractivity contribution < 1.29 is 9.53 Å². The Morgan fingerprint density at radius 3 is 2.71 bits per heavy atom. The molecule has 0 aliphatic carbocycles. The van der Waals surface area contributed by atoms with Crippen molar-refractivity contribution in [3.8, 4) is 0 Å². The molecule has 0 amide bonds. The Morgan fingerprint density at radius 2 is 1.95 bits per heavy atom. The van der Waals surface area contributed by atoms with Crippen LogP contribution in [0.25, 0.3) is 0 Å². The maximum Gasteiger partial charge on any atom is 0.314 e. The van der Waals surface area contributed by atoms with Gasteiger partial charge in [-0.1, -0.05) is 18.2 Å². The molecule has 2 fully saturated rings. The maximum atomic E-state index is 12.5. The third kappa shape index (κ3) is 2.38. The Kier molecular flexibility index (Phi) is 3.46. The Labute approximate surface area is 130 Å². The van der Waals surface area contributed by atoms with E-state index in [4.69, 9.17) is 4.74 Å². The number of ether oxygens (including phenoxy) is 1. The van der Waals surface area contributed by atoms with E-state index in [2.05, 4.69) is 24.1 Å². The normalized spacial score (nSPS) is 34.7. The summed E-state index contributed by atoms with van der Waals surface area (Å²) in [5.74, 6) is 0.752. The molecular formula is C17H21NO2S. The first-order valence-electron chi connectivity index (χ1n) is 7.86. The predicted octanol–water partition coefficient (Wildman–Crippen LogP) is 3.04. The number of hydrogen-bond acceptors (Lipinski definition) is 4. The summed E-state index contributed by atoms with van der Waals surface area (Å²) in [5, 5.41) is 0. The lowest BCUT2D eigenvalue weighted by molar-refractivity contribution is -0.153. The summed E-state index contributed by atoms with van der Waals surface area (Å²) >= 11 is 1.77. The topological polar surface area (TPSA) is 29.5 Å². The van der Waals surface area contributed by atoms with Crippen molar-refractivity contribution in [2.75, 3.05) is 12.8 Å². The summed E-state index contributed by atoms with van der Waals surface area (Å²) < 4.78 is 5.88. The van der Waals surface area contributed by atoms with E-state index in [9.17, 15) is 4.79 Å². The van der Waals surface area contributed by atoms with Crippen LogP contribution in [0, 0.1) is 0 Å². The van der Waals surface area contributed by atoms with E-state index in [1.54, 1.807) is 11.8 Å². The minimum Gasteiger partial charge on any atom is -0.462 e. The highest BCUT2D eigenvalue weighted by atomic mass is 32.2. The van der Waals surface area contributed by atoms with Gasteiger partial charge >= 0.3 is 5.97 Å². The van der Waals surface area contributed by atoms with Gasteiger partial charge in [0.1, 0.15) is 6.10 Å². The first-order valence-corrected chi connectivity index (χ1v) is 8.85. The fourth-order valence-corrected chi connectivity index (χ4v) is 5.28. The fourth-order valence-electron chi connectivity index (χ4n) is 4.06. The Balaban J connectivity index is 1.43. The van der Waals surface area contributed by atoms with Crippen LogP contribution in [0.5, 0.6) is 0 Å². The van der Waals surface area contributed by atoms with Gasteiger partial charge in [-0.15, -0.1) is 11.8 Å². The molecule has 0 spiro atoms. The van der Waals surface area contributed by atoms with Crippen molar-refractivity contribution in [1.29, 1.82) is 0 Å². The number of hydrogen-bond donors (Lipinski definition) is 0. The van der Waals surface area contributed by atoms with Gasteiger partial charge in [-0.25, -0.2) is 0 Å². The molecule has 3 nitrogen and oxygen atoms in total. The van der Waals surface area contributed by atoms with E-state index >= 15 is 0 Å². The Bertz CT molecular complexity index is 547. The molecule has 2 saturated heterocycles. The molecule has 4 rings (SSSR count). The Morgan fingerprint density at radius 1 is 1.24 bits per heavy atom. The highest BCUT2D eigenvalue weighted by molar-refractivity contribution is 7.99. The van der Waals surface area contributed by atoms with Crippen LogP contribution in [0.2, 0.25) is 0 Å². The fraction of sp³-hybridized carbons (Fsp3) is 0.588. The molecule has 1 aromatic carbocycles. The van der Waals surface area contributed by atoms with Crippen LogP contribution in [0.4, 0.5) is 0 Å². The molecule has 3 aliphatic heterocycles. The van der Waals surface area contributed by atoms with Gasteiger partial charge in [0, 0.05) is 22.7 Å². The second kappa shape index (κ2) is 5.33. The molecule has 3 atom stereocenters. The lowest BCUT2D eigenvalue weighted by atomic mass is 9.99. The van der Waals surface area contributed by atoms with Gasteiger partial charge in [0.25, 0.3) is 0 Å². The summed E-state index contributed by atoms with van der Waals surface area (Å²) in [7, 11) is 2.21. The van der Waals surface area contributed by atoms with Gasteiger partial charge in [0.2, 0.25) is 0 Å². The molecule has 21 heavy (non-hydrogen) atoms. The lowest BCUT2D eigenvalue weighted by Crippen LogP contribution is -2.43. The van der Waals surface area contributed by atoms with Crippen LogP contribution in [0.3, 0.4) is 0 Å². The van der Waals surface area contributed by atoms with E-state index in [-0.39, 0.29) is 18.0 Å². The second-order valence-corrected chi connectivity index (χ2v) is 7.54. The average Bonchev–Trinajstić information content (AvgIpc) is 2.98. The molecule has 3 unspecified atom stereocenters. The number of piperidine rings is 1. The summed E-state index contributed by atoms with van der Waals surface area (Å²) in [4.78, 5) is 16.3. The second-order valence-electron chi connectivity index (χ2n) is 6.48. The monoisotopic (exact) mass is 303 g/mol. The summed E-state index contributed by atoms with van der Waals surface area (Å²) in [6, 6.07) is 9.45. The molecule has 3 heterocycles. The molecule has 1 aromatic rings. The number of nitrogens with zero attached hydrogens (tertiary/aromatic N) is 1. The van der Waals surface area contributed by atoms with E-state index in [1.165, 1.54) is 17.7 Å².